The minimum Gasteiger partial charge on any atom is -0.358 e. The second kappa shape index (κ2) is 5.34. The maximum absolute atomic E-state index is 5.05. The summed E-state index contributed by atoms with van der Waals surface area (Å²) >= 11 is 0. The smallest absolute Gasteiger partial charge is 0.0964 e. The summed E-state index contributed by atoms with van der Waals surface area (Å²) in [6, 6.07) is 21.2. The van der Waals surface area contributed by atoms with E-state index in [2.05, 4.69) is 83.6 Å². The minimum absolute atomic E-state index is 0.452. The maximum Gasteiger partial charge on any atom is 0.0964 e. The molecule has 0 spiro atoms. The van der Waals surface area contributed by atoms with Crippen molar-refractivity contribution in [3.8, 4) is 0 Å². The number of pyridine rings is 1. The van der Waals surface area contributed by atoms with E-state index >= 15 is 0 Å². The van der Waals surface area contributed by atoms with Gasteiger partial charge in [-0.2, -0.15) is 0 Å². The van der Waals surface area contributed by atoms with Crippen molar-refractivity contribution in [3.63, 3.8) is 0 Å². The van der Waals surface area contributed by atoms with Crippen LogP contribution < -0.4 is 0 Å². The molecule has 130 valence electrons. The van der Waals surface area contributed by atoms with Gasteiger partial charge in [0.05, 0.1) is 16.7 Å². The molecule has 0 aliphatic heterocycles. The molecule has 0 amide bonds. The van der Waals surface area contributed by atoms with Crippen LogP contribution >= 0.6 is 0 Å². The molecular formula is C24H19N3. The van der Waals surface area contributed by atoms with E-state index in [-0.39, 0.29) is 0 Å². The van der Waals surface area contributed by atoms with E-state index in [0.717, 1.165) is 28.7 Å². The largest absolute Gasteiger partial charge is 0.358 e. The highest BCUT2D eigenvalue weighted by Gasteiger charge is 2.23. The first-order valence-electron chi connectivity index (χ1n) is 9.47. The molecule has 3 heterocycles. The molecule has 6 rings (SSSR count). The molecule has 5 aromatic rings. The Balaban J connectivity index is 1.57. The topological polar surface area (TPSA) is 44.5 Å². The zero-order valence-electron chi connectivity index (χ0n) is 15.1. The van der Waals surface area contributed by atoms with Crippen LogP contribution in [0.5, 0.6) is 0 Å². The van der Waals surface area contributed by atoms with Crippen LogP contribution in [0.15, 0.2) is 60.7 Å². The lowest BCUT2D eigenvalue weighted by Gasteiger charge is -2.20. The van der Waals surface area contributed by atoms with Gasteiger partial charge in [0.2, 0.25) is 0 Å². The highest BCUT2D eigenvalue weighted by molar-refractivity contribution is 6.05. The molecular weight excluding hydrogens is 330 g/mol. The number of nitrogens with one attached hydrogen (secondary N) is 2. The van der Waals surface area contributed by atoms with Gasteiger partial charge in [-0.15, -0.1) is 0 Å². The molecule has 1 aliphatic rings. The van der Waals surface area contributed by atoms with Crippen LogP contribution in [0.4, 0.5) is 0 Å². The number of aromatic amines is 2. The van der Waals surface area contributed by atoms with Crippen molar-refractivity contribution in [1.82, 2.24) is 15.0 Å². The van der Waals surface area contributed by atoms with Crippen molar-refractivity contribution in [1.29, 1.82) is 0 Å². The molecule has 2 aromatic carbocycles. The molecule has 0 radical (unpaired) electrons. The zero-order chi connectivity index (χ0) is 18.0. The zero-order valence-corrected chi connectivity index (χ0v) is 15.1. The Hall–Kier alpha value is -3.33. The first-order valence-corrected chi connectivity index (χ1v) is 9.47. The van der Waals surface area contributed by atoms with Crippen molar-refractivity contribution in [2.24, 2.45) is 0 Å². The first kappa shape index (κ1) is 14.8. The van der Waals surface area contributed by atoms with Crippen molar-refractivity contribution >= 4 is 44.5 Å². The summed E-state index contributed by atoms with van der Waals surface area (Å²) in [5.41, 5.74) is 9.56. The number of aromatic nitrogens is 3. The lowest BCUT2D eigenvalue weighted by atomic mass is 9.86. The van der Waals surface area contributed by atoms with E-state index in [9.17, 15) is 0 Å². The van der Waals surface area contributed by atoms with E-state index in [4.69, 9.17) is 4.98 Å². The first-order chi connectivity index (χ1) is 13.3. The van der Waals surface area contributed by atoms with Crippen molar-refractivity contribution in [3.05, 3.63) is 77.6 Å². The van der Waals surface area contributed by atoms with Gasteiger partial charge in [0.1, 0.15) is 0 Å². The summed E-state index contributed by atoms with van der Waals surface area (Å²) in [7, 11) is 0. The monoisotopic (exact) mass is 349 g/mol. The van der Waals surface area contributed by atoms with Gasteiger partial charge in [-0.1, -0.05) is 43.3 Å². The van der Waals surface area contributed by atoms with Crippen molar-refractivity contribution in [2.45, 2.75) is 19.3 Å². The molecule has 1 aliphatic carbocycles. The second-order valence-electron chi connectivity index (χ2n) is 7.54. The highest BCUT2D eigenvalue weighted by Crippen LogP contribution is 2.40. The number of para-hydroxylation sites is 2. The van der Waals surface area contributed by atoms with Crippen LogP contribution in [0.3, 0.4) is 0 Å². The molecule has 27 heavy (non-hydrogen) atoms. The van der Waals surface area contributed by atoms with Crippen LogP contribution in [-0.4, -0.2) is 15.0 Å². The summed E-state index contributed by atoms with van der Waals surface area (Å²) in [5.74, 6) is 0.452. The minimum atomic E-state index is 0.452. The van der Waals surface area contributed by atoms with E-state index in [0.29, 0.717) is 5.92 Å². The quantitative estimate of drug-likeness (QED) is 0.369. The summed E-state index contributed by atoms with van der Waals surface area (Å²) in [5, 5.41) is 2.48. The Kier molecular flexibility index (Phi) is 2.92. The number of rotatable bonds is 1. The van der Waals surface area contributed by atoms with Gasteiger partial charge >= 0.3 is 0 Å². The Morgan fingerprint density at radius 3 is 2.41 bits per heavy atom. The number of benzene rings is 2. The fourth-order valence-electron chi connectivity index (χ4n) is 4.46. The van der Waals surface area contributed by atoms with Crippen LogP contribution in [0.2, 0.25) is 0 Å². The summed E-state index contributed by atoms with van der Waals surface area (Å²) in [6.45, 7) is 2.30. The molecule has 3 nitrogen and oxygen atoms in total. The van der Waals surface area contributed by atoms with E-state index in [1.54, 1.807) is 0 Å². The number of allylic oxidation sites excluding steroid dienone is 1. The van der Waals surface area contributed by atoms with Crippen LogP contribution in [0, 0.1) is 0 Å². The SMILES string of the molecule is CC1CC(c2ccc3[nH]c4ccccc4c3n2)=Cc2c1[nH]c1ccccc21. The second-order valence-corrected chi connectivity index (χ2v) is 7.54. The molecule has 1 unspecified atom stereocenters. The van der Waals surface area contributed by atoms with Gasteiger partial charge in [-0.05, 0) is 42.3 Å². The van der Waals surface area contributed by atoms with Gasteiger partial charge in [-0.25, -0.2) is 4.98 Å². The molecule has 0 saturated carbocycles. The summed E-state index contributed by atoms with van der Waals surface area (Å²) in [6.07, 6.45) is 3.33. The standard InChI is InChI=1S/C24H19N3/c1-14-12-15(13-18-16-6-2-4-8-20(16)27-23(14)18)19-10-11-22-24(26-19)17-7-3-5-9-21(17)25-22/h2-11,13-14,25,27H,12H2,1H3. The molecule has 0 fully saturated rings. The van der Waals surface area contributed by atoms with E-state index < -0.39 is 0 Å². The fourth-order valence-corrected chi connectivity index (χ4v) is 4.46. The average molecular weight is 349 g/mol. The molecule has 0 saturated heterocycles. The Bertz CT molecular complexity index is 1370. The van der Waals surface area contributed by atoms with Crippen LogP contribution in [0.1, 0.15) is 36.2 Å². The van der Waals surface area contributed by atoms with Crippen molar-refractivity contribution in [2.75, 3.05) is 0 Å². The predicted octanol–water partition coefficient (Wildman–Crippen LogP) is 6.25. The number of fused-ring (bicyclic) bond motifs is 6. The third-order valence-electron chi connectivity index (χ3n) is 5.79. The van der Waals surface area contributed by atoms with Gasteiger partial charge in [-0.3, -0.25) is 0 Å². The van der Waals surface area contributed by atoms with E-state index in [1.165, 1.54) is 33.1 Å². The normalized spacial score (nSPS) is 16.8. The third-order valence-corrected chi connectivity index (χ3v) is 5.79. The Morgan fingerprint density at radius 1 is 0.815 bits per heavy atom. The lowest BCUT2D eigenvalue weighted by molar-refractivity contribution is 0.759. The van der Waals surface area contributed by atoms with Crippen LogP contribution in [0.25, 0.3) is 44.5 Å². The molecule has 1 atom stereocenters. The van der Waals surface area contributed by atoms with E-state index in [1.807, 2.05) is 0 Å². The lowest BCUT2D eigenvalue weighted by Crippen LogP contribution is -2.04. The number of hydrogen-bond donors (Lipinski definition) is 2. The number of nitrogens with zero attached hydrogens (tertiary/aromatic N) is 1. The molecule has 2 N–H and O–H groups in total. The fraction of sp³-hybridized carbons (Fsp3) is 0.125. The Morgan fingerprint density at radius 2 is 1.56 bits per heavy atom. The average Bonchev–Trinajstić information content (AvgIpc) is 3.26. The summed E-state index contributed by atoms with van der Waals surface area (Å²) in [4.78, 5) is 12.1. The summed E-state index contributed by atoms with van der Waals surface area (Å²) < 4.78 is 0. The van der Waals surface area contributed by atoms with Gasteiger partial charge in [0.25, 0.3) is 0 Å². The Labute approximate surface area is 156 Å². The third kappa shape index (κ3) is 2.12. The van der Waals surface area contributed by atoms with Gasteiger partial charge in [0.15, 0.2) is 0 Å². The number of H-pyrrole nitrogens is 2. The molecule has 3 aromatic heterocycles. The van der Waals surface area contributed by atoms with Crippen molar-refractivity contribution < 1.29 is 0 Å². The van der Waals surface area contributed by atoms with Crippen LogP contribution in [-0.2, 0) is 0 Å². The highest BCUT2D eigenvalue weighted by atomic mass is 14.8. The number of hydrogen-bond acceptors (Lipinski definition) is 1. The van der Waals surface area contributed by atoms with Gasteiger partial charge in [0, 0.05) is 39.0 Å². The predicted molar refractivity (Wildman–Crippen MR) is 113 cm³/mol. The molecule has 3 heteroatoms. The van der Waals surface area contributed by atoms with Gasteiger partial charge < -0.3 is 9.97 Å². The molecule has 0 bridgehead atoms. The maximum atomic E-state index is 5.05.